The number of anilines is 1. The highest BCUT2D eigenvalue weighted by atomic mass is 79.9. The quantitative estimate of drug-likeness (QED) is 0.398. The Hall–Kier alpha value is -2.87. The molecule has 0 aliphatic carbocycles. The molecule has 0 unspecified atom stereocenters. The monoisotopic (exact) mass is 433 g/mol. The van der Waals surface area contributed by atoms with Gasteiger partial charge in [0, 0.05) is 15.7 Å². The van der Waals surface area contributed by atoms with E-state index in [1.54, 1.807) is 43.5 Å². The van der Waals surface area contributed by atoms with Crippen molar-refractivity contribution in [2.45, 2.75) is 13.3 Å². The molecule has 0 radical (unpaired) electrons. The number of amides is 2. The average Bonchev–Trinajstić information content (AvgIpc) is 2.67. The van der Waals surface area contributed by atoms with Crippen molar-refractivity contribution in [3.63, 3.8) is 0 Å². The molecule has 0 spiro atoms. The first-order valence-electron chi connectivity index (χ1n) is 8.24. The maximum Gasteiger partial charge on any atom is 0.329 e. The molecule has 8 heteroatoms. The van der Waals surface area contributed by atoms with Crippen LogP contribution in [0.15, 0.2) is 52.0 Å². The first-order valence-corrected chi connectivity index (χ1v) is 9.03. The predicted molar refractivity (Wildman–Crippen MR) is 107 cm³/mol. The third-order valence-corrected chi connectivity index (χ3v) is 3.85. The van der Waals surface area contributed by atoms with E-state index in [0.29, 0.717) is 29.4 Å². The number of rotatable bonds is 7. The maximum atomic E-state index is 11.9. The van der Waals surface area contributed by atoms with Gasteiger partial charge in [-0.2, -0.15) is 5.10 Å². The van der Waals surface area contributed by atoms with E-state index in [-0.39, 0.29) is 0 Å². The Bertz CT molecular complexity index is 822. The van der Waals surface area contributed by atoms with Gasteiger partial charge in [0.05, 0.1) is 19.9 Å². The Morgan fingerprint density at radius 2 is 1.89 bits per heavy atom. The van der Waals surface area contributed by atoms with Crippen molar-refractivity contribution >= 4 is 39.6 Å². The van der Waals surface area contributed by atoms with Crippen LogP contribution in [-0.4, -0.2) is 31.7 Å². The molecule has 2 aromatic rings. The molecule has 2 aromatic carbocycles. The van der Waals surface area contributed by atoms with Crippen molar-refractivity contribution in [3.8, 4) is 11.5 Å². The molecule has 0 saturated heterocycles. The number of ether oxygens (including phenoxy) is 2. The van der Waals surface area contributed by atoms with Crippen molar-refractivity contribution in [2.75, 3.05) is 19.0 Å². The Morgan fingerprint density at radius 1 is 1.15 bits per heavy atom. The summed E-state index contributed by atoms with van der Waals surface area (Å²) in [5.74, 6) is -0.417. The smallest absolute Gasteiger partial charge is 0.329 e. The molecule has 0 fully saturated rings. The molecule has 7 nitrogen and oxygen atoms in total. The van der Waals surface area contributed by atoms with E-state index in [1.807, 2.05) is 13.0 Å². The fourth-order valence-corrected chi connectivity index (χ4v) is 2.42. The molecule has 0 aliphatic heterocycles. The zero-order valence-corrected chi connectivity index (χ0v) is 16.6. The van der Waals surface area contributed by atoms with Crippen molar-refractivity contribution in [3.05, 3.63) is 52.5 Å². The normalized spacial score (nSPS) is 10.5. The molecule has 0 atom stereocenters. The molecule has 2 amide bonds. The highest BCUT2D eigenvalue weighted by molar-refractivity contribution is 9.10. The highest BCUT2D eigenvalue weighted by Crippen LogP contribution is 2.22. The van der Waals surface area contributed by atoms with E-state index in [2.05, 4.69) is 31.8 Å². The van der Waals surface area contributed by atoms with Gasteiger partial charge in [0.2, 0.25) is 0 Å². The number of hydrogen-bond donors (Lipinski definition) is 2. The summed E-state index contributed by atoms with van der Waals surface area (Å²) in [6.07, 6.45) is 2.29. The molecular formula is C19H20BrN3O4. The Balaban J connectivity index is 1.95. The lowest BCUT2D eigenvalue weighted by atomic mass is 10.2. The minimum Gasteiger partial charge on any atom is -0.497 e. The largest absolute Gasteiger partial charge is 0.497 e. The second-order valence-corrected chi connectivity index (χ2v) is 6.33. The number of hydrazone groups is 1. The van der Waals surface area contributed by atoms with Crippen molar-refractivity contribution in [2.24, 2.45) is 5.10 Å². The molecule has 0 heterocycles. The summed E-state index contributed by atoms with van der Waals surface area (Å²) in [6, 6.07) is 12.1. The molecule has 0 saturated carbocycles. The first-order chi connectivity index (χ1) is 13.0. The lowest BCUT2D eigenvalue weighted by Gasteiger charge is -2.08. The van der Waals surface area contributed by atoms with Crippen LogP contribution in [0.3, 0.4) is 0 Å². The fourth-order valence-electron chi connectivity index (χ4n) is 2.04. The van der Waals surface area contributed by atoms with E-state index < -0.39 is 11.8 Å². The maximum absolute atomic E-state index is 11.9. The number of carbonyl (C=O) groups is 2. The van der Waals surface area contributed by atoms with Crippen LogP contribution in [0.2, 0.25) is 0 Å². The molecule has 27 heavy (non-hydrogen) atoms. The van der Waals surface area contributed by atoms with Crippen LogP contribution >= 0.6 is 15.9 Å². The van der Waals surface area contributed by atoms with Gasteiger partial charge in [-0.1, -0.05) is 22.9 Å². The van der Waals surface area contributed by atoms with Gasteiger partial charge < -0.3 is 14.8 Å². The standard InChI is InChI=1S/C19H20BrN3O4/c1-3-10-27-17-9-4-14(20)11-13(17)12-21-23-19(25)18(24)22-15-5-7-16(26-2)8-6-15/h4-9,11-12H,3,10H2,1-2H3,(H,22,24)(H,23,25)/b21-12-. The second kappa shape index (κ2) is 10.3. The second-order valence-electron chi connectivity index (χ2n) is 5.41. The van der Waals surface area contributed by atoms with Crippen molar-refractivity contribution in [1.29, 1.82) is 0 Å². The van der Waals surface area contributed by atoms with E-state index in [1.165, 1.54) is 6.21 Å². The summed E-state index contributed by atoms with van der Waals surface area (Å²) in [6.45, 7) is 2.58. The predicted octanol–water partition coefficient (Wildman–Crippen LogP) is 3.34. The van der Waals surface area contributed by atoms with Crippen LogP contribution < -0.4 is 20.2 Å². The lowest BCUT2D eigenvalue weighted by molar-refractivity contribution is -0.136. The van der Waals surface area contributed by atoms with E-state index in [4.69, 9.17) is 9.47 Å². The van der Waals surface area contributed by atoms with Crippen molar-refractivity contribution in [1.82, 2.24) is 5.43 Å². The topological polar surface area (TPSA) is 89.0 Å². The highest BCUT2D eigenvalue weighted by Gasteiger charge is 2.13. The van der Waals surface area contributed by atoms with Crippen LogP contribution in [-0.2, 0) is 9.59 Å². The molecular weight excluding hydrogens is 414 g/mol. The third-order valence-electron chi connectivity index (χ3n) is 3.36. The number of methoxy groups -OCH3 is 1. The molecule has 0 aromatic heterocycles. The summed E-state index contributed by atoms with van der Waals surface area (Å²) in [4.78, 5) is 23.8. The number of halogens is 1. The van der Waals surface area contributed by atoms with Gasteiger partial charge in [0.1, 0.15) is 11.5 Å². The van der Waals surface area contributed by atoms with Gasteiger partial charge in [0.25, 0.3) is 0 Å². The van der Waals surface area contributed by atoms with Gasteiger partial charge in [-0.15, -0.1) is 0 Å². The van der Waals surface area contributed by atoms with E-state index in [0.717, 1.165) is 10.9 Å². The summed E-state index contributed by atoms with van der Waals surface area (Å²) < 4.78 is 11.5. The van der Waals surface area contributed by atoms with Crippen molar-refractivity contribution < 1.29 is 19.1 Å². The first kappa shape index (κ1) is 20.4. The molecule has 2 N–H and O–H groups in total. The summed E-state index contributed by atoms with van der Waals surface area (Å²) in [5.41, 5.74) is 3.35. The lowest BCUT2D eigenvalue weighted by Crippen LogP contribution is -2.32. The average molecular weight is 434 g/mol. The SMILES string of the molecule is CCCOc1ccc(Br)cc1/C=N\NC(=O)C(=O)Nc1ccc(OC)cc1. The minimum absolute atomic E-state index is 0.474. The number of nitrogens with zero attached hydrogens (tertiary/aromatic N) is 1. The Labute approximate surface area is 165 Å². The van der Waals surface area contributed by atoms with E-state index in [9.17, 15) is 9.59 Å². The Kier molecular flexibility index (Phi) is 7.81. The van der Waals surface area contributed by atoms with Gasteiger partial charge in [-0.25, -0.2) is 5.43 Å². The molecule has 0 bridgehead atoms. The van der Waals surface area contributed by atoms with Gasteiger partial charge in [-0.05, 0) is 48.9 Å². The molecule has 0 aliphatic rings. The minimum atomic E-state index is -0.881. The number of benzene rings is 2. The van der Waals surface area contributed by atoms with Crippen LogP contribution in [0.1, 0.15) is 18.9 Å². The Morgan fingerprint density at radius 3 is 2.56 bits per heavy atom. The van der Waals surface area contributed by atoms with Crippen LogP contribution in [0.25, 0.3) is 0 Å². The zero-order valence-electron chi connectivity index (χ0n) is 15.0. The van der Waals surface area contributed by atoms with Crippen LogP contribution in [0, 0.1) is 0 Å². The number of nitrogens with one attached hydrogen (secondary N) is 2. The van der Waals surface area contributed by atoms with Crippen LogP contribution in [0.5, 0.6) is 11.5 Å². The summed E-state index contributed by atoms with van der Waals surface area (Å²) >= 11 is 3.38. The third kappa shape index (κ3) is 6.41. The summed E-state index contributed by atoms with van der Waals surface area (Å²) in [5, 5.41) is 6.31. The van der Waals surface area contributed by atoms with Crippen LogP contribution in [0.4, 0.5) is 5.69 Å². The van der Waals surface area contributed by atoms with E-state index >= 15 is 0 Å². The van der Waals surface area contributed by atoms with Gasteiger partial charge in [0.15, 0.2) is 0 Å². The number of hydrogen-bond acceptors (Lipinski definition) is 5. The molecule has 142 valence electrons. The fraction of sp³-hybridized carbons (Fsp3) is 0.211. The molecule has 2 rings (SSSR count). The van der Waals surface area contributed by atoms with Gasteiger partial charge in [-0.3, -0.25) is 9.59 Å². The zero-order chi connectivity index (χ0) is 19.6. The summed E-state index contributed by atoms with van der Waals surface area (Å²) in [7, 11) is 1.54. The van der Waals surface area contributed by atoms with Gasteiger partial charge >= 0.3 is 11.8 Å². The number of carbonyl (C=O) groups excluding carboxylic acids is 2.